The van der Waals surface area contributed by atoms with E-state index in [0.717, 1.165) is 24.3 Å². The van der Waals surface area contributed by atoms with Crippen LogP contribution >= 0.6 is 0 Å². The van der Waals surface area contributed by atoms with E-state index >= 15 is 0 Å². The van der Waals surface area contributed by atoms with E-state index in [1.54, 1.807) is 0 Å². The maximum absolute atomic E-state index is 12.8. The van der Waals surface area contributed by atoms with Crippen molar-refractivity contribution in [2.75, 3.05) is 5.73 Å². The standard InChI is InChI=1S/C12H8F3N3O3/c13-12(14,15)7-3-1-2-4-9(7)21-10-6-5-8(18(19)20)11(16)17-10/h1-6H,(H2,16,17). The molecule has 21 heavy (non-hydrogen) atoms. The van der Waals surface area contributed by atoms with Crippen LogP contribution in [0.1, 0.15) is 5.56 Å². The number of halogens is 3. The summed E-state index contributed by atoms with van der Waals surface area (Å²) in [6.45, 7) is 0. The molecular weight excluding hydrogens is 291 g/mol. The molecule has 0 unspecified atom stereocenters. The van der Waals surface area contributed by atoms with Gasteiger partial charge in [0.25, 0.3) is 0 Å². The van der Waals surface area contributed by atoms with Gasteiger partial charge >= 0.3 is 11.9 Å². The molecule has 1 aromatic carbocycles. The minimum atomic E-state index is -4.59. The van der Waals surface area contributed by atoms with E-state index in [2.05, 4.69) is 4.98 Å². The average Bonchev–Trinajstić information content (AvgIpc) is 2.37. The number of aromatic nitrogens is 1. The number of rotatable bonds is 3. The molecule has 2 rings (SSSR count). The molecule has 0 bridgehead atoms. The summed E-state index contributed by atoms with van der Waals surface area (Å²) in [6.07, 6.45) is -4.59. The van der Waals surface area contributed by atoms with Gasteiger partial charge in [0, 0.05) is 12.1 Å². The van der Waals surface area contributed by atoms with Gasteiger partial charge < -0.3 is 10.5 Å². The van der Waals surface area contributed by atoms with E-state index in [1.165, 1.54) is 12.1 Å². The Kier molecular flexibility index (Phi) is 3.66. The molecule has 0 atom stereocenters. The minimum absolute atomic E-state index is 0.269. The maximum Gasteiger partial charge on any atom is 0.419 e. The van der Waals surface area contributed by atoms with E-state index in [4.69, 9.17) is 10.5 Å². The summed E-state index contributed by atoms with van der Waals surface area (Å²) in [6, 6.07) is 6.62. The van der Waals surface area contributed by atoms with Gasteiger partial charge in [-0.2, -0.15) is 18.2 Å². The highest BCUT2D eigenvalue weighted by molar-refractivity contribution is 5.53. The molecule has 110 valence electrons. The first-order chi connectivity index (χ1) is 9.79. The van der Waals surface area contributed by atoms with Crippen LogP contribution in [0.3, 0.4) is 0 Å². The maximum atomic E-state index is 12.8. The number of nitrogen functional groups attached to an aromatic ring is 1. The molecule has 1 aromatic heterocycles. The molecule has 0 aliphatic heterocycles. The Balaban J connectivity index is 2.35. The summed E-state index contributed by atoms with van der Waals surface area (Å²) < 4.78 is 43.4. The van der Waals surface area contributed by atoms with Gasteiger partial charge in [-0.3, -0.25) is 10.1 Å². The molecule has 0 aliphatic rings. The van der Waals surface area contributed by atoms with E-state index in [1.807, 2.05) is 0 Å². The first-order valence-corrected chi connectivity index (χ1v) is 5.54. The molecule has 0 fully saturated rings. The van der Waals surface area contributed by atoms with Crippen LogP contribution in [0.15, 0.2) is 36.4 Å². The molecular formula is C12H8F3N3O3. The monoisotopic (exact) mass is 299 g/mol. The Morgan fingerprint density at radius 3 is 2.43 bits per heavy atom. The Morgan fingerprint density at radius 1 is 1.19 bits per heavy atom. The van der Waals surface area contributed by atoms with Crippen molar-refractivity contribution in [3.05, 3.63) is 52.1 Å². The average molecular weight is 299 g/mol. The predicted molar refractivity (Wildman–Crippen MR) is 66.8 cm³/mol. The summed E-state index contributed by atoms with van der Waals surface area (Å²) in [5.41, 5.74) is 3.91. The second-order valence-corrected chi connectivity index (χ2v) is 3.91. The van der Waals surface area contributed by atoms with E-state index < -0.39 is 33.9 Å². The molecule has 0 saturated carbocycles. The molecule has 0 spiro atoms. The summed E-state index contributed by atoms with van der Waals surface area (Å²) in [4.78, 5) is 13.4. The highest BCUT2D eigenvalue weighted by atomic mass is 19.4. The summed E-state index contributed by atoms with van der Waals surface area (Å²) in [5.74, 6) is -1.18. The van der Waals surface area contributed by atoms with Gasteiger partial charge in [-0.05, 0) is 12.1 Å². The third-order valence-electron chi connectivity index (χ3n) is 2.48. The first kappa shape index (κ1) is 14.6. The molecule has 1 heterocycles. The van der Waals surface area contributed by atoms with Gasteiger partial charge in [0.2, 0.25) is 11.7 Å². The van der Waals surface area contributed by atoms with Gasteiger partial charge in [-0.15, -0.1) is 0 Å². The van der Waals surface area contributed by atoms with Crippen LogP contribution in [-0.4, -0.2) is 9.91 Å². The number of benzene rings is 1. The molecule has 0 radical (unpaired) electrons. The lowest BCUT2D eigenvalue weighted by molar-refractivity contribution is -0.384. The second-order valence-electron chi connectivity index (χ2n) is 3.91. The first-order valence-electron chi connectivity index (χ1n) is 5.54. The fourth-order valence-corrected chi connectivity index (χ4v) is 1.56. The number of alkyl halides is 3. The quantitative estimate of drug-likeness (QED) is 0.693. The molecule has 6 nitrogen and oxygen atoms in total. The highest BCUT2D eigenvalue weighted by Crippen LogP contribution is 2.37. The van der Waals surface area contributed by atoms with Crippen LogP contribution in [0.4, 0.5) is 24.7 Å². The van der Waals surface area contributed by atoms with Crippen molar-refractivity contribution in [1.82, 2.24) is 4.98 Å². The molecule has 0 amide bonds. The number of nitro groups is 1. The minimum Gasteiger partial charge on any atom is -0.438 e. The van der Waals surface area contributed by atoms with Crippen molar-refractivity contribution in [3.8, 4) is 11.6 Å². The summed E-state index contributed by atoms with van der Waals surface area (Å²) in [5, 5.41) is 10.6. The predicted octanol–water partition coefficient (Wildman–Crippen LogP) is 3.38. The number of para-hydroxylation sites is 1. The number of anilines is 1. The van der Waals surface area contributed by atoms with Crippen molar-refractivity contribution >= 4 is 11.5 Å². The number of hydrogen-bond acceptors (Lipinski definition) is 5. The topological polar surface area (TPSA) is 91.3 Å². The number of hydrogen-bond donors (Lipinski definition) is 1. The van der Waals surface area contributed by atoms with Crippen molar-refractivity contribution in [2.45, 2.75) is 6.18 Å². The summed E-state index contributed by atoms with van der Waals surface area (Å²) in [7, 11) is 0. The van der Waals surface area contributed by atoms with E-state index in [-0.39, 0.29) is 5.88 Å². The molecule has 2 N–H and O–H groups in total. The highest BCUT2D eigenvalue weighted by Gasteiger charge is 2.34. The molecule has 0 aliphatic carbocycles. The number of nitrogens with two attached hydrogens (primary N) is 1. The van der Waals surface area contributed by atoms with Gasteiger partial charge in [-0.1, -0.05) is 12.1 Å². The van der Waals surface area contributed by atoms with Crippen molar-refractivity contribution in [3.63, 3.8) is 0 Å². The number of ether oxygens (including phenoxy) is 1. The molecule has 0 saturated heterocycles. The fraction of sp³-hybridized carbons (Fsp3) is 0.0833. The fourth-order valence-electron chi connectivity index (χ4n) is 1.56. The molecule has 9 heteroatoms. The van der Waals surface area contributed by atoms with Crippen molar-refractivity contribution in [1.29, 1.82) is 0 Å². The zero-order valence-corrected chi connectivity index (χ0v) is 10.3. The lowest BCUT2D eigenvalue weighted by Crippen LogP contribution is -2.07. The van der Waals surface area contributed by atoms with Crippen LogP contribution in [0.5, 0.6) is 11.6 Å². The van der Waals surface area contributed by atoms with Crippen LogP contribution in [0.2, 0.25) is 0 Å². The van der Waals surface area contributed by atoms with Crippen molar-refractivity contribution < 1.29 is 22.8 Å². The van der Waals surface area contributed by atoms with Gasteiger partial charge in [0.15, 0.2) is 0 Å². The smallest absolute Gasteiger partial charge is 0.419 e. The van der Waals surface area contributed by atoms with E-state index in [0.29, 0.717) is 0 Å². The van der Waals surface area contributed by atoms with E-state index in [9.17, 15) is 23.3 Å². The third-order valence-corrected chi connectivity index (χ3v) is 2.48. The lowest BCUT2D eigenvalue weighted by atomic mass is 10.2. The lowest BCUT2D eigenvalue weighted by Gasteiger charge is -2.12. The molecule has 2 aromatic rings. The van der Waals surface area contributed by atoms with Crippen LogP contribution in [-0.2, 0) is 6.18 Å². The van der Waals surface area contributed by atoms with Crippen LogP contribution < -0.4 is 10.5 Å². The van der Waals surface area contributed by atoms with Crippen LogP contribution in [0.25, 0.3) is 0 Å². The number of pyridine rings is 1. The Bertz CT molecular complexity index is 689. The van der Waals surface area contributed by atoms with Gasteiger partial charge in [0.05, 0.1) is 10.5 Å². The largest absolute Gasteiger partial charge is 0.438 e. The van der Waals surface area contributed by atoms with Gasteiger partial charge in [0.1, 0.15) is 5.75 Å². The SMILES string of the molecule is Nc1nc(Oc2ccccc2C(F)(F)F)ccc1[N+](=O)[O-]. The van der Waals surface area contributed by atoms with Crippen molar-refractivity contribution in [2.24, 2.45) is 0 Å². The van der Waals surface area contributed by atoms with Gasteiger partial charge in [-0.25, -0.2) is 0 Å². The Labute approximate surface area is 116 Å². The second kappa shape index (κ2) is 5.27. The Morgan fingerprint density at radius 2 is 1.86 bits per heavy atom. The summed E-state index contributed by atoms with van der Waals surface area (Å²) >= 11 is 0. The normalized spacial score (nSPS) is 11.2. The third kappa shape index (κ3) is 3.19. The number of nitrogens with zero attached hydrogens (tertiary/aromatic N) is 2. The zero-order chi connectivity index (χ0) is 15.6. The Hall–Kier alpha value is -2.84. The van der Waals surface area contributed by atoms with Crippen LogP contribution in [0, 0.1) is 10.1 Å². The zero-order valence-electron chi connectivity index (χ0n) is 10.3.